The van der Waals surface area contributed by atoms with Gasteiger partial charge in [-0.1, -0.05) is 17.7 Å². The van der Waals surface area contributed by atoms with Crippen LogP contribution in [0.15, 0.2) is 36.8 Å². The molecule has 1 amide bonds. The highest BCUT2D eigenvalue weighted by Crippen LogP contribution is 2.34. The highest BCUT2D eigenvalue weighted by atomic mass is 16.5. The number of benzene rings is 1. The number of amides is 1. The molecular formula is C22H24N6O2. The molecule has 0 unspecified atom stereocenters. The Labute approximate surface area is 175 Å². The van der Waals surface area contributed by atoms with Gasteiger partial charge in [0.1, 0.15) is 5.56 Å². The van der Waals surface area contributed by atoms with Crippen LogP contribution in [0.4, 0.5) is 11.6 Å². The first-order valence-corrected chi connectivity index (χ1v) is 9.97. The molecule has 8 heteroatoms. The van der Waals surface area contributed by atoms with E-state index in [2.05, 4.69) is 55.3 Å². The highest BCUT2D eigenvalue weighted by molar-refractivity contribution is 5.96. The number of anilines is 2. The summed E-state index contributed by atoms with van der Waals surface area (Å²) in [6.07, 6.45) is 5.77. The molecule has 154 valence electrons. The average molecular weight is 404 g/mol. The second-order valence-electron chi connectivity index (χ2n) is 7.19. The molecule has 0 saturated heterocycles. The van der Waals surface area contributed by atoms with Crippen molar-refractivity contribution in [2.75, 3.05) is 18.1 Å². The van der Waals surface area contributed by atoms with Gasteiger partial charge in [-0.2, -0.15) is 4.98 Å². The van der Waals surface area contributed by atoms with Gasteiger partial charge < -0.3 is 15.0 Å². The highest BCUT2D eigenvalue weighted by Gasteiger charge is 2.25. The minimum atomic E-state index is -0.315. The summed E-state index contributed by atoms with van der Waals surface area (Å²) in [6, 6.07) is 6.36. The Balaban J connectivity index is 1.55. The number of carbonyl (C=O) groups excluding carboxylic acids is 1. The number of hydrogen-bond acceptors (Lipinski definition) is 7. The molecule has 8 nitrogen and oxygen atoms in total. The lowest BCUT2D eigenvalue weighted by Gasteiger charge is -2.19. The van der Waals surface area contributed by atoms with Crippen molar-refractivity contribution < 1.29 is 9.53 Å². The average Bonchev–Trinajstić information content (AvgIpc) is 3.16. The first-order chi connectivity index (χ1) is 14.5. The van der Waals surface area contributed by atoms with Crippen LogP contribution in [0.3, 0.4) is 0 Å². The molecule has 0 atom stereocenters. The first kappa shape index (κ1) is 19.8. The summed E-state index contributed by atoms with van der Waals surface area (Å²) in [4.78, 5) is 32.2. The Morgan fingerprint density at radius 2 is 2.03 bits per heavy atom. The molecule has 4 rings (SSSR count). The third-order valence-corrected chi connectivity index (χ3v) is 4.90. The van der Waals surface area contributed by atoms with E-state index in [4.69, 9.17) is 4.74 Å². The van der Waals surface area contributed by atoms with Gasteiger partial charge >= 0.3 is 0 Å². The summed E-state index contributed by atoms with van der Waals surface area (Å²) in [6.45, 7) is 7.26. The fourth-order valence-electron chi connectivity index (χ4n) is 3.40. The summed E-state index contributed by atoms with van der Waals surface area (Å²) in [7, 11) is 0. The van der Waals surface area contributed by atoms with E-state index >= 15 is 0 Å². The van der Waals surface area contributed by atoms with E-state index in [-0.39, 0.29) is 18.3 Å². The van der Waals surface area contributed by atoms with Crippen molar-refractivity contribution >= 4 is 17.5 Å². The summed E-state index contributed by atoms with van der Waals surface area (Å²) >= 11 is 0. The summed E-state index contributed by atoms with van der Waals surface area (Å²) < 4.78 is 5.67. The van der Waals surface area contributed by atoms with E-state index in [1.165, 1.54) is 17.3 Å². The smallest absolute Gasteiger partial charge is 0.258 e. The number of aromatic nitrogens is 4. The number of ether oxygens (including phenoxy) is 1. The zero-order valence-corrected chi connectivity index (χ0v) is 17.3. The molecule has 0 aliphatic carbocycles. The van der Waals surface area contributed by atoms with Crippen LogP contribution in [0.25, 0.3) is 0 Å². The Bertz CT molecular complexity index is 1070. The Kier molecular flexibility index (Phi) is 5.56. The molecule has 3 aromatic rings. The van der Waals surface area contributed by atoms with E-state index < -0.39 is 0 Å². The summed E-state index contributed by atoms with van der Waals surface area (Å²) in [5.41, 5.74) is 5.40. The minimum absolute atomic E-state index is 0.262. The fourth-order valence-corrected chi connectivity index (χ4v) is 3.40. The topological polar surface area (TPSA) is 93.1 Å². The number of rotatable bonds is 6. The van der Waals surface area contributed by atoms with E-state index in [0.717, 1.165) is 24.3 Å². The van der Waals surface area contributed by atoms with Crippen LogP contribution in [0.1, 0.15) is 39.8 Å². The Morgan fingerprint density at radius 3 is 2.80 bits per heavy atom. The van der Waals surface area contributed by atoms with Crippen LogP contribution in [-0.2, 0) is 13.0 Å². The van der Waals surface area contributed by atoms with Crippen molar-refractivity contribution in [1.82, 2.24) is 25.3 Å². The van der Waals surface area contributed by atoms with E-state index in [9.17, 15) is 4.79 Å². The fraction of sp³-hybridized carbons (Fsp3) is 0.318. The number of fused-ring (bicyclic) bond motifs is 1. The maximum atomic E-state index is 12.7. The van der Waals surface area contributed by atoms with Gasteiger partial charge in [-0.25, -0.2) is 4.98 Å². The number of nitrogens with zero attached hydrogens (tertiary/aromatic N) is 5. The van der Waals surface area contributed by atoms with Crippen LogP contribution in [0.2, 0.25) is 0 Å². The molecule has 0 radical (unpaired) electrons. The van der Waals surface area contributed by atoms with Crippen molar-refractivity contribution in [3.8, 4) is 5.88 Å². The number of hydrogen-bond donors (Lipinski definition) is 1. The van der Waals surface area contributed by atoms with Crippen molar-refractivity contribution in [2.45, 2.75) is 33.7 Å². The minimum Gasteiger partial charge on any atom is -0.477 e. The molecular weight excluding hydrogens is 380 g/mol. The standard InChI is InChI=1S/C22H24N6O2/c1-4-30-21-18(20(29)25-12-17-11-23-15(3)10-24-17)13-26-22(27-21)28-8-7-16-9-14(2)5-6-19(16)28/h5-6,9-11,13H,4,7-8,12H2,1-3H3,(H,25,29). The largest absolute Gasteiger partial charge is 0.477 e. The van der Waals surface area contributed by atoms with E-state index in [1.54, 1.807) is 12.4 Å². The van der Waals surface area contributed by atoms with Gasteiger partial charge in [0.15, 0.2) is 0 Å². The van der Waals surface area contributed by atoms with Crippen LogP contribution in [-0.4, -0.2) is 39.0 Å². The summed E-state index contributed by atoms with van der Waals surface area (Å²) in [5, 5.41) is 2.83. The lowest BCUT2D eigenvalue weighted by Crippen LogP contribution is -2.25. The van der Waals surface area contributed by atoms with Crippen molar-refractivity contribution in [3.63, 3.8) is 0 Å². The van der Waals surface area contributed by atoms with Gasteiger partial charge in [0, 0.05) is 24.6 Å². The second kappa shape index (κ2) is 8.44. The van der Waals surface area contributed by atoms with Crippen LogP contribution >= 0.6 is 0 Å². The molecule has 2 aromatic heterocycles. The molecule has 30 heavy (non-hydrogen) atoms. The van der Waals surface area contributed by atoms with Gasteiger partial charge in [-0.15, -0.1) is 0 Å². The van der Waals surface area contributed by atoms with Crippen molar-refractivity contribution in [1.29, 1.82) is 0 Å². The SMILES string of the molecule is CCOc1nc(N2CCc3cc(C)ccc32)ncc1C(=O)NCc1cnc(C)cn1. The summed E-state index contributed by atoms with van der Waals surface area (Å²) in [5.74, 6) is 0.488. The van der Waals surface area contributed by atoms with Crippen molar-refractivity contribution in [3.05, 3.63) is 64.9 Å². The molecule has 0 spiro atoms. The lowest BCUT2D eigenvalue weighted by atomic mass is 10.1. The van der Waals surface area contributed by atoms with E-state index in [0.29, 0.717) is 23.8 Å². The molecule has 0 saturated carbocycles. The quantitative estimate of drug-likeness (QED) is 0.675. The van der Waals surface area contributed by atoms with Gasteiger partial charge in [-0.3, -0.25) is 14.8 Å². The Hall–Kier alpha value is -3.55. The van der Waals surface area contributed by atoms with Gasteiger partial charge in [0.25, 0.3) is 5.91 Å². The monoisotopic (exact) mass is 404 g/mol. The molecule has 1 aliphatic rings. The third-order valence-electron chi connectivity index (χ3n) is 4.90. The van der Waals surface area contributed by atoms with Crippen LogP contribution in [0.5, 0.6) is 5.88 Å². The number of carbonyl (C=O) groups is 1. The molecule has 0 bridgehead atoms. The molecule has 1 N–H and O–H groups in total. The molecule has 1 aromatic carbocycles. The maximum Gasteiger partial charge on any atom is 0.258 e. The zero-order valence-electron chi connectivity index (χ0n) is 17.3. The van der Waals surface area contributed by atoms with Gasteiger partial charge in [0.2, 0.25) is 11.8 Å². The Morgan fingerprint density at radius 1 is 1.17 bits per heavy atom. The second-order valence-corrected chi connectivity index (χ2v) is 7.19. The predicted octanol–water partition coefficient (Wildman–Crippen LogP) is 2.91. The predicted molar refractivity (Wildman–Crippen MR) is 113 cm³/mol. The maximum absolute atomic E-state index is 12.7. The number of nitrogens with one attached hydrogen (secondary N) is 1. The van der Waals surface area contributed by atoms with Crippen LogP contribution < -0.4 is 15.0 Å². The molecule has 3 heterocycles. The first-order valence-electron chi connectivity index (χ1n) is 9.97. The zero-order chi connectivity index (χ0) is 21.1. The third kappa shape index (κ3) is 4.07. The lowest BCUT2D eigenvalue weighted by molar-refractivity contribution is 0.0945. The van der Waals surface area contributed by atoms with Gasteiger partial charge in [0.05, 0.1) is 30.7 Å². The molecule has 1 aliphatic heterocycles. The van der Waals surface area contributed by atoms with E-state index in [1.807, 2.05) is 13.8 Å². The normalized spacial score (nSPS) is 12.6. The molecule has 0 fully saturated rings. The van der Waals surface area contributed by atoms with Crippen molar-refractivity contribution in [2.24, 2.45) is 0 Å². The van der Waals surface area contributed by atoms with Crippen LogP contribution in [0, 0.1) is 13.8 Å². The van der Waals surface area contributed by atoms with Gasteiger partial charge in [-0.05, 0) is 38.8 Å². The number of aryl methyl sites for hydroxylation is 2.